The van der Waals surface area contributed by atoms with Crippen LogP contribution in [0, 0.1) is 13.8 Å². The van der Waals surface area contributed by atoms with Gasteiger partial charge in [0.15, 0.2) is 0 Å². The van der Waals surface area contributed by atoms with Crippen LogP contribution in [0.2, 0.25) is 0 Å². The highest BCUT2D eigenvalue weighted by molar-refractivity contribution is 5.93. The van der Waals surface area contributed by atoms with Crippen molar-refractivity contribution in [3.05, 3.63) is 64.1 Å². The molecule has 0 saturated carbocycles. The largest absolute Gasteiger partial charge is 0.320 e. The first-order chi connectivity index (χ1) is 13.1. The fourth-order valence-corrected chi connectivity index (χ4v) is 5.58. The number of allylic oxidation sites excluding steroid dienone is 1. The van der Waals surface area contributed by atoms with Gasteiger partial charge in [-0.2, -0.15) is 0 Å². The summed E-state index contributed by atoms with van der Waals surface area (Å²) in [5.41, 5.74) is 11.2. The van der Waals surface area contributed by atoms with E-state index in [4.69, 9.17) is 0 Å². The molecule has 3 nitrogen and oxygen atoms in total. The zero-order valence-electron chi connectivity index (χ0n) is 16.3. The molecule has 3 aromatic rings. The minimum atomic E-state index is 0.584. The van der Waals surface area contributed by atoms with Crippen LogP contribution >= 0.6 is 0 Å². The average Bonchev–Trinajstić information content (AvgIpc) is 3.04. The standard InChI is InChI=1S/C24H25N3/c1-14-4-6-21-19(8-14)24-22-7-5-18(26(22)3)11-23(24)27(21)13-17-10-16-9-15(2)25-12-20(16)17/h4,6,8-9,12-13,18,22H,5,7,10-11H2,1-3H3. The van der Waals surface area contributed by atoms with Gasteiger partial charge in [-0.25, -0.2) is 0 Å². The fraction of sp³-hybridized carbons (Fsp3) is 0.375. The maximum atomic E-state index is 4.52. The van der Waals surface area contributed by atoms with Crippen molar-refractivity contribution in [2.45, 2.75) is 51.6 Å². The van der Waals surface area contributed by atoms with Gasteiger partial charge < -0.3 is 4.57 Å². The van der Waals surface area contributed by atoms with Crippen LogP contribution in [0.3, 0.4) is 0 Å². The summed E-state index contributed by atoms with van der Waals surface area (Å²) in [5, 5.41) is 1.46. The van der Waals surface area contributed by atoms with Crippen LogP contribution in [0.4, 0.5) is 0 Å². The number of nitrogens with zero attached hydrogens (tertiary/aromatic N) is 3. The van der Waals surface area contributed by atoms with Crippen molar-refractivity contribution in [1.82, 2.24) is 14.5 Å². The Hall–Kier alpha value is -2.39. The van der Waals surface area contributed by atoms with E-state index in [1.54, 1.807) is 11.3 Å². The maximum absolute atomic E-state index is 4.52. The van der Waals surface area contributed by atoms with E-state index in [1.165, 1.54) is 52.4 Å². The lowest BCUT2D eigenvalue weighted by atomic mass is 9.84. The van der Waals surface area contributed by atoms with Crippen LogP contribution in [0.5, 0.6) is 0 Å². The molecule has 0 radical (unpaired) electrons. The number of aryl methyl sites for hydroxylation is 2. The molecule has 3 heteroatoms. The molecule has 6 rings (SSSR count). The second-order valence-corrected chi connectivity index (χ2v) is 8.68. The van der Waals surface area contributed by atoms with Gasteiger partial charge in [0.2, 0.25) is 0 Å². The molecule has 0 amide bonds. The van der Waals surface area contributed by atoms with E-state index in [1.807, 2.05) is 0 Å². The molecule has 2 aliphatic heterocycles. The number of rotatable bonds is 1. The Labute approximate surface area is 160 Å². The lowest BCUT2D eigenvalue weighted by Gasteiger charge is -2.32. The van der Waals surface area contributed by atoms with Gasteiger partial charge in [-0.05, 0) is 68.6 Å². The highest BCUT2D eigenvalue weighted by atomic mass is 15.2. The summed E-state index contributed by atoms with van der Waals surface area (Å²) in [6, 6.07) is 10.5. The van der Waals surface area contributed by atoms with E-state index in [2.05, 4.69) is 72.0 Å². The SMILES string of the molecule is Cc1ccc2c(c1)c1c(n2C=C2Cc3cc(C)ncc32)CC2CCC1N2C. The quantitative estimate of drug-likeness (QED) is 0.619. The molecule has 3 aliphatic rings. The molecule has 1 aromatic carbocycles. The van der Waals surface area contributed by atoms with Crippen LogP contribution in [0.15, 0.2) is 30.5 Å². The molecule has 2 unspecified atom stereocenters. The minimum Gasteiger partial charge on any atom is -0.320 e. The van der Waals surface area contributed by atoms with Gasteiger partial charge in [-0.1, -0.05) is 11.6 Å². The second kappa shape index (κ2) is 5.32. The summed E-state index contributed by atoms with van der Waals surface area (Å²) >= 11 is 0. The highest BCUT2D eigenvalue weighted by Crippen LogP contribution is 2.47. The van der Waals surface area contributed by atoms with E-state index >= 15 is 0 Å². The molecular weight excluding hydrogens is 330 g/mol. The number of likely N-dealkylation sites (N-methyl/N-ethyl adjacent to an activating group) is 1. The van der Waals surface area contributed by atoms with E-state index in [0.717, 1.165) is 12.1 Å². The first-order valence-electron chi connectivity index (χ1n) is 10.1. The molecule has 136 valence electrons. The molecule has 4 heterocycles. The predicted octanol–water partition coefficient (Wildman–Crippen LogP) is 4.90. The molecule has 1 aliphatic carbocycles. The van der Waals surface area contributed by atoms with Crippen molar-refractivity contribution in [2.24, 2.45) is 0 Å². The van der Waals surface area contributed by atoms with Crippen LogP contribution in [0.25, 0.3) is 22.7 Å². The number of hydrogen-bond donors (Lipinski definition) is 0. The number of benzene rings is 1. The second-order valence-electron chi connectivity index (χ2n) is 8.68. The monoisotopic (exact) mass is 355 g/mol. The van der Waals surface area contributed by atoms with Gasteiger partial charge in [0, 0.05) is 59.7 Å². The van der Waals surface area contributed by atoms with Crippen LogP contribution in [-0.4, -0.2) is 27.5 Å². The predicted molar refractivity (Wildman–Crippen MR) is 111 cm³/mol. The molecule has 2 aromatic heterocycles. The number of aromatic nitrogens is 2. The van der Waals surface area contributed by atoms with Gasteiger partial charge in [-0.3, -0.25) is 9.88 Å². The smallest absolute Gasteiger partial charge is 0.0529 e. The average molecular weight is 355 g/mol. The van der Waals surface area contributed by atoms with Crippen molar-refractivity contribution >= 4 is 22.7 Å². The van der Waals surface area contributed by atoms with Gasteiger partial charge in [0.05, 0.1) is 5.52 Å². The van der Waals surface area contributed by atoms with Gasteiger partial charge in [0.25, 0.3) is 0 Å². The minimum absolute atomic E-state index is 0.584. The summed E-state index contributed by atoms with van der Waals surface area (Å²) < 4.78 is 2.51. The first kappa shape index (κ1) is 15.6. The molecule has 0 spiro atoms. The number of fused-ring (bicyclic) bond motifs is 7. The molecule has 0 N–H and O–H groups in total. The summed E-state index contributed by atoms with van der Waals surface area (Å²) in [5.74, 6) is 0. The third-order valence-corrected chi connectivity index (χ3v) is 7.04. The van der Waals surface area contributed by atoms with E-state index in [0.29, 0.717) is 12.1 Å². The van der Waals surface area contributed by atoms with Crippen molar-refractivity contribution in [3.63, 3.8) is 0 Å². The Morgan fingerprint density at radius 1 is 1.15 bits per heavy atom. The highest BCUT2D eigenvalue weighted by Gasteiger charge is 2.40. The van der Waals surface area contributed by atoms with Crippen molar-refractivity contribution < 1.29 is 0 Å². The third kappa shape index (κ3) is 2.09. The van der Waals surface area contributed by atoms with Gasteiger partial charge in [0.1, 0.15) is 0 Å². The maximum Gasteiger partial charge on any atom is 0.0529 e. The molecule has 27 heavy (non-hydrogen) atoms. The normalized spacial score (nSPS) is 24.9. The molecule has 1 saturated heterocycles. The zero-order chi connectivity index (χ0) is 18.3. The number of pyridine rings is 1. The van der Waals surface area contributed by atoms with Crippen molar-refractivity contribution in [1.29, 1.82) is 0 Å². The summed E-state index contributed by atoms with van der Waals surface area (Å²) in [6.45, 7) is 4.29. The van der Waals surface area contributed by atoms with Crippen LogP contribution in [-0.2, 0) is 12.8 Å². The van der Waals surface area contributed by atoms with Crippen LogP contribution < -0.4 is 0 Å². The summed E-state index contributed by atoms with van der Waals surface area (Å²) in [4.78, 5) is 7.14. The van der Waals surface area contributed by atoms with Crippen LogP contribution in [0.1, 0.15) is 52.5 Å². The molecular formula is C24H25N3. The van der Waals surface area contributed by atoms with Gasteiger partial charge in [-0.15, -0.1) is 0 Å². The summed E-state index contributed by atoms with van der Waals surface area (Å²) in [7, 11) is 2.32. The van der Waals surface area contributed by atoms with E-state index in [-0.39, 0.29) is 0 Å². The Morgan fingerprint density at radius 2 is 2.04 bits per heavy atom. The topological polar surface area (TPSA) is 21.1 Å². The third-order valence-electron chi connectivity index (χ3n) is 7.04. The fourth-order valence-electron chi connectivity index (χ4n) is 5.58. The Balaban J connectivity index is 1.57. The lowest BCUT2D eigenvalue weighted by molar-refractivity contribution is 0.223. The lowest BCUT2D eigenvalue weighted by Crippen LogP contribution is -2.34. The first-order valence-corrected chi connectivity index (χ1v) is 10.1. The van der Waals surface area contributed by atoms with Crippen molar-refractivity contribution in [3.8, 4) is 0 Å². The number of hydrogen-bond acceptors (Lipinski definition) is 2. The van der Waals surface area contributed by atoms with Crippen molar-refractivity contribution in [2.75, 3.05) is 7.05 Å². The van der Waals surface area contributed by atoms with Gasteiger partial charge >= 0.3 is 0 Å². The zero-order valence-corrected chi connectivity index (χ0v) is 16.3. The Morgan fingerprint density at radius 3 is 2.89 bits per heavy atom. The van der Waals surface area contributed by atoms with E-state index in [9.17, 15) is 0 Å². The Kier molecular flexibility index (Phi) is 3.09. The Bertz CT molecular complexity index is 1130. The van der Waals surface area contributed by atoms with E-state index < -0.39 is 0 Å². The molecule has 2 bridgehead atoms. The molecule has 1 fully saturated rings. The molecule has 2 atom stereocenters. The summed E-state index contributed by atoms with van der Waals surface area (Å²) in [6.07, 6.45) is 9.31.